The van der Waals surface area contributed by atoms with E-state index in [1.165, 1.54) is 0 Å². The maximum atomic E-state index is 10.3. The van der Waals surface area contributed by atoms with Crippen LogP contribution >= 0.6 is 0 Å². The summed E-state index contributed by atoms with van der Waals surface area (Å²) in [5, 5.41) is 6.53. The summed E-state index contributed by atoms with van der Waals surface area (Å²) in [6.45, 7) is 2.86. The second-order valence-corrected chi connectivity index (χ2v) is 2.63. The predicted molar refractivity (Wildman–Crippen MR) is 48.7 cm³/mol. The van der Waals surface area contributed by atoms with Crippen LogP contribution in [0.1, 0.15) is 5.56 Å². The number of nitrogens with zero attached hydrogens (tertiary/aromatic N) is 2. The van der Waals surface area contributed by atoms with E-state index in [0.717, 1.165) is 5.56 Å². The zero-order chi connectivity index (χ0) is 10.4. The normalized spacial score (nSPS) is 9.50. The molecule has 0 aliphatic heterocycles. The molecule has 0 saturated heterocycles. The number of carbonyl (C=O) groups is 2. The lowest BCUT2D eigenvalue weighted by Gasteiger charge is -2.05. The van der Waals surface area contributed by atoms with Crippen LogP contribution in [0.15, 0.2) is 6.20 Å². The van der Waals surface area contributed by atoms with Crippen molar-refractivity contribution in [3.8, 4) is 0 Å². The lowest BCUT2D eigenvalue weighted by atomic mass is 10.4. The molecular formula is C8H11N3O3. The van der Waals surface area contributed by atoms with Crippen LogP contribution in [0.3, 0.4) is 0 Å². The van der Waals surface area contributed by atoms with Gasteiger partial charge in [-0.1, -0.05) is 0 Å². The molecule has 0 radical (unpaired) electrons. The average Bonchev–Trinajstić information content (AvgIpc) is 2.51. The molecule has 6 nitrogen and oxygen atoms in total. The third-order valence-electron chi connectivity index (χ3n) is 1.71. The molecule has 1 aromatic heterocycles. The molecule has 0 unspecified atom stereocenters. The lowest BCUT2D eigenvalue weighted by molar-refractivity contribution is -0.129. The van der Waals surface area contributed by atoms with E-state index in [-0.39, 0.29) is 6.61 Å². The fourth-order valence-electron chi connectivity index (χ4n) is 1.08. The van der Waals surface area contributed by atoms with Gasteiger partial charge >= 0.3 is 0 Å². The van der Waals surface area contributed by atoms with Crippen LogP contribution < -0.4 is 5.32 Å². The smallest absolute Gasteiger partial charge is 0.293 e. The van der Waals surface area contributed by atoms with E-state index >= 15 is 0 Å². The molecule has 1 aromatic rings. The number of carbonyl (C=O) groups excluding carboxylic acids is 2. The van der Waals surface area contributed by atoms with Gasteiger partial charge in [0.15, 0.2) is 0 Å². The van der Waals surface area contributed by atoms with Gasteiger partial charge in [0.25, 0.3) is 6.47 Å². The van der Waals surface area contributed by atoms with Crippen molar-refractivity contribution < 1.29 is 14.3 Å². The molecular weight excluding hydrogens is 186 g/mol. The third-order valence-corrected chi connectivity index (χ3v) is 1.71. The highest BCUT2D eigenvalue weighted by Crippen LogP contribution is 2.12. The molecule has 0 atom stereocenters. The van der Waals surface area contributed by atoms with Crippen molar-refractivity contribution in [2.75, 3.05) is 11.9 Å². The first-order chi connectivity index (χ1) is 6.79. The topological polar surface area (TPSA) is 73.2 Å². The van der Waals surface area contributed by atoms with E-state index < -0.39 is 0 Å². The first-order valence-corrected chi connectivity index (χ1v) is 4.07. The number of anilines is 1. The number of amides is 1. The summed E-state index contributed by atoms with van der Waals surface area (Å²) in [6.07, 6.45) is 2.22. The van der Waals surface area contributed by atoms with Crippen molar-refractivity contribution in [1.82, 2.24) is 9.78 Å². The monoisotopic (exact) mass is 197 g/mol. The van der Waals surface area contributed by atoms with Crippen LogP contribution in [0.25, 0.3) is 0 Å². The van der Waals surface area contributed by atoms with E-state index in [1.807, 2.05) is 6.92 Å². The molecule has 6 heteroatoms. The zero-order valence-corrected chi connectivity index (χ0v) is 7.77. The van der Waals surface area contributed by atoms with Crippen LogP contribution in [-0.2, 0) is 20.9 Å². The number of aryl methyl sites for hydroxylation is 1. The second-order valence-electron chi connectivity index (χ2n) is 2.63. The number of ether oxygens (including phenoxy) is 1. The fourth-order valence-corrected chi connectivity index (χ4v) is 1.08. The second kappa shape index (κ2) is 5.00. The van der Waals surface area contributed by atoms with Crippen LogP contribution in [0.2, 0.25) is 0 Å². The maximum absolute atomic E-state index is 10.3. The van der Waals surface area contributed by atoms with Crippen LogP contribution in [0, 0.1) is 6.92 Å². The van der Waals surface area contributed by atoms with Gasteiger partial charge in [-0.05, 0) is 6.92 Å². The Kier molecular flexibility index (Phi) is 3.66. The number of hydrogen-bond donors (Lipinski definition) is 1. The highest BCUT2D eigenvalue weighted by atomic mass is 16.5. The lowest BCUT2D eigenvalue weighted by Crippen LogP contribution is -2.11. The molecule has 1 rings (SSSR count). The van der Waals surface area contributed by atoms with Crippen molar-refractivity contribution in [3.05, 3.63) is 11.8 Å². The minimum atomic E-state index is 0.234. The summed E-state index contributed by atoms with van der Waals surface area (Å²) in [6, 6.07) is 0. The largest absolute Gasteiger partial charge is 0.466 e. The van der Waals surface area contributed by atoms with Gasteiger partial charge in [0.2, 0.25) is 6.41 Å². The molecule has 76 valence electrons. The Morgan fingerprint density at radius 3 is 3.07 bits per heavy atom. The van der Waals surface area contributed by atoms with E-state index in [2.05, 4.69) is 15.2 Å². The molecule has 0 aromatic carbocycles. The van der Waals surface area contributed by atoms with Crippen molar-refractivity contribution in [2.45, 2.75) is 13.5 Å². The molecule has 0 spiro atoms. The minimum Gasteiger partial charge on any atom is -0.466 e. The number of aromatic nitrogens is 2. The molecule has 0 fully saturated rings. The molecule has 0 aliphatic carbocycles. The molecule has 1 amide bonds. The molecule has 1 N–H and O–H groups in total. The Morgan fingerprint density at radius 1 is 1.64 bits per heavy atom. The van der Waals surface area contributed by atoms with E-state index in [4.69, 9.17) is 0 Å². The Labute approximate surface area is 80.8 Å². The summed E-state index contributed by atoms with van der Waals surface area (Å²) in [5.41, 5.74) is 0.864. The van der Waals surface area contributed by atoms with Gasteiger partial charge in [-0.3, -0.25) is 9.59 Å². The quantitative estimate of drug-likeness (QED) is 0.512. The van der Waals surface area contributed by atoms with Crippen molar-refractivity contribution >= 4 is 18.7 Å². The zero-order valence-electron chi connectivity index (χ0n) is 7.77. The maximum Gasteiger partial charge on any atom is 0.293 e. The molecule has 0 saturated carbocycles. The van der Waals surface area contributed by atoms with Gasteiger partial charge in [-0.15, -0.1) is 0 Å². The van der Waals surface area contributed by atoms with Gasteiger partial charge in [0.1, 0.15) is 12.4 Å². The standard InChI is InChI=1S/C8H11N3O3/c1-7-4-10-11(2-3-14-6-13)8(7)9-5-12/h4-6H,2-3H2,1H3,(H,9,12). The molecule has 0 bridgehead atoms. The highest BCUT2D eigenvalue weighted by Gasteiger charge is 2.05. The summed E-state index contributed by atoms with van der Waals surface area (Å²) in [4.78, 5) is 20.2. The number of nitrogens with one attached hydrogen (secondary N) is 1. The Hall–Kier alpha value is -1.85. The Bertz CT molecular complexity index is 322. The Morgan fingerprint density at radius 2 is 2.43 bits per heavy atom. The van der Waals surface area contributed by atoms with Gasteiger partial charge in [0, 0.05) is 5.56 Å². The predicted octanol–water partition coefficient (Wildman–Crippen LogP) is -0.0672. The first-order valence-electron chi connectivity index (χ1n) is 4.07. The van der Waals surface area contributed by atoms with Crippen LogP contribution in [-0.4, -0.2) is 29.3 Å². The highest BCUT2D eigenvalue weighted by molar-refractivity contribution is 5.70. The van der Waals surface area contributed by atoms with Crippen molar-refractivity contribution in [3.63, 3.8) is 0 Å². The summed E-state index contributed by atoms with van der Waals surface area (Å²) < 4.78 is 6.09. The Balaban J connectivity index is 2.65. The average molecular weight is 197 g/mol. The van der Waals surface area contributed by atoms with E-state index in [9.17, 15) is 9.59 Å². The third kappa shape index (κ3) is 2.32. The number of hydrogen-bond acceptors (Lipinski definition) is 4. The van der Waals surface area contributed by atoms with Gasteiger partial charge in [-0.2, -0.15) is 5.10 Å². The summed E-state index contributed by atoms with van der Waals surface area (Å²) in [5.74, 6) is 0.620. The molecule has 0 aliphatic rings. The van der Waals surface area contributed by atoms with Crippen LogP contribution in [0.5, 0.6) is 0 Å². The SMILES string of the molecule is Cc1cnn(CCOC=O)c1NC=O. The van der Waals surface area contributed by atoms with E-state index in [0.29, 0.717) is 25.2 Å². The summed E-state index contributed by atoms with van der Waals surface area (Å²) >= 11 is 0. The van der Waals surface area contributed by atoms with Crippen LogP contribution in [0.4, 0.5) is 5.82 Å². The molecule has 14 heavy (non-hydrogen) atoms. The van der Waals surface area contributed by atoms with Crippen molar-refractivity contribution in [2.24, 2.45) is 0 Å². The number of rotatable bonds is 6. The van der Waals surface area contributed by atoms with E-state index in [1.54, 1.807) is 10.9 Å². The van der Waals surface area contributed by atoms with Gasteiger partial charge < -0.3 is 10.1 Å². The molecule has 1 heterocycles. The fraction of sp³-hybridized carbons (Fsp3) is 0.375. The van der Waals surface area contributed by atoms with Gasteiger partial charge in [0.05, 0.1) is 12.7 Å². The van der Waals surface area contributed by atoms with Gasteiger partial charge in [-0.25, -0.2) is 4.68 Å². The van der Waals surface area contributed by atoms with Crippen molar-refractivity contribution in [1.29, 1.82) is 0 Å². The minimum absolute atomic E-state index is 0.234. The first kappa shape index (κ1) is 10.2. The summed E-state index contributed by atoms with van der Waals surface area (Å²) in [7, 11) is 0.